The van der Waals surface area contributed by atoms with E-state index in [9.17, 15) is 0 Å². The van der Waals surface area contributed by atoms with Crippen molar-refractivity contribution in [2.75, 3.05) is 0 Å². The number of benzene rings is 4. The molecule has 1 aliphatic heterocycles. The van der Waals surface area contributed by atoms with Crippen molar-refractivity contribution in [1.29, 1.82) is 0 Å². The smallest absolute Gasteiger partial charge is 0.192 e. The topological polar surface area (TPSA) is 3.88 Å². The summed E-state index contributed by atoms with van der Waals surface area (Å²) in [5.74, 6) is 0.350. The molecule has 0 saturated heterocycles. The first-order valence-corrected chi connectivity index (χ1v) is 22.9. The summed E-state index contributed by atoms with van der Waals surface area (Å²) < 4.78 is 2.71. The normalized spacial score (nSPS) is 22.4. The summed E-state index contributed by atoms with van der Waals surface area (Å²) in [4.78, 5) is 0. The van der Waals surface area contributed by atoms with Gasteiger partial charge in [-0.25, -0.2) is 0 Å². The highest BCUT2D eigenvalue weighted by Gasteiger charge is 2.57. The Labute approximate surface area is 355 Å². The monoisotopic (exact) mass is 775 g/mol. The highest BCUT2D eigenvalue weighted by Crippen LogP contribution is 2.56. The zero-order valence-electron chi connectivity index (χ0n) is 36.6. The number of allylic oxidation sites excluding steroid dienone is 8. The van der Waals surface area contributed by atoms with Crippen molar-refractivity contribution >= 4 is 5.57 Å². The zero-order chi connectivity index (χ0) is 40.8. The van der Waals surface area contributed by atoms with Gasteiger partial charge < -0.3 is 0 Å². The average Bonchev–Trinajstić information content (AvgIpc) is 3.51. The summed E-state index contributed by atoms with van der Waals surface area (Å²) in [6, 6.07) is 39.5. The van der Waals surface area contributed by atoms with E-state index in [0.717, 1.165) is 38.5 Å². The fraction of sp³-hybridized carbons (Fsp3) is 0.362. The van der Waals surface area contributed by atoms with E-state index in [4.69, 9.17) is 0 Å². The number of rotatable bonds is 12. The molecule has 2 heterocycles. The second-order valence-corrected chi connectivity index (χ2v) is 19.0. The Balaban J connectivity index is 0.940. The fourth-order valence-electron chi connectivity index (χ4n) is 11.3. The summed E-state index contributed by atoms with van der Waals surface area (Å²) in [6.45, 7) is 14.7. The first kappa shape index (κ1) is 39.5. The van der Waals surface area contributed by atoms with Crippen molar-refractivity contribution < 1.29 is 4.57 Å². The van der Waals surface area contributed by atoms with Gasteiger partial charge in [-0.15, -0.1) is 0 Å². The number of hydrogen-bond donors (Lipinski definition) is 0. The minimum atomic E-state index is -0.0679. The molecule has 0 spiro atoms. The van der Waals surface area contributed by atoms with Crippen LogP contribution in [0.15, 0.2) is 151 Å². The first-order chi connectivity index (χ1) is 28.6. The molecular weight excluding hydrogens is 711 g/mol. The molecule has 0 bridgehead atoms. The molecule has 5 aromatic rings. The molecule has 1 nitrogen and oxygen atoms in total. The van der Waals surface area contributed by atoms with Gasteiger partial charge >= 0.3 is 0 Å². The summed E-state index contributed by atoms with van der Waals surface area (Å²) in [5, 5.41) is 0. The fourth-order valence-corrected chi connectivity index (χ4v) is 11.3. The van der Waals surface area contributed by atoms with Crippen LogP contribution in [0.2, 0.25) is 0 Å². The van der Waals surface area contributed by atoms with Gasteiger partial charge in [0.15, 0.2) is 11.7 Å². The minimum Gasteiger partial charge on any atom is -0.192 e. The molecule has 2 unspecified atom stereocenters. The third-order valence-electron chi connectivity index (χ3n) is 15.5. The summed E-state index contributed by atoms with van der Waals surface area (Å²) >= 11 is 0. The highest BCUT2D eigenvalue weighted by molar-refractivity contribution is 5.85. The van der Waals surface area contributed by atoms with Gasteiger partial charge in [0.2, 0.25) is 5.69 Å². The standard InChI is InChI=1S/C58H64N/c1-7-57(5)54-38-50-49-31-16-17-32-52(49)56(3,4)53(50)39-51(54)55-34-33-48(40-59(55)58(57,6)8-2)47-30-20-29-46(37-47)45-28-19-27-44(36-45)43-26-18-25-42(35-43)24-13-10-9-12-21-41-22-14-11-15-23-41/h11,14-18,20,22-23,25-27,29-36,38-40,47H,7-10,12-13,19,21,24,28,37H2,1-6H3/q+1/t47?,57?,58-/m1/s1. The first-order valence-electron chi connectivity index (χ1n) is 22.9. The van der Waals surface area contributed by atoms with Gasteiger partial charge in [-0.3, -0.25) is 0 Å². The second-order valence-electron chi connectivity index (χ2n) is 19.0. The number of hydrogen-bond acceptors (Lipinski definition) is 0. The van der Waals surface area contributed by atoms with Gasteiger partial charge in [-0.05, 0) is 138 Å². The zero-order valence-corrected chi connectivity index (χ0v) is 36.6. The van der Waals surface area contributed by atoms with Crippen molar-refractivity contribution in [2.24, 2.45) is 0 Å². The molecule has 1 aromatic heterocycles. The van der Waals surface area contributed by atoms with E-state index < -0.39 is 0 Å². The third kappa shape index (κ3) is 6.93. The Morgan fingerprint density at radius 2 is 1.39 bits per heavy atom. The van der Waals surface area contributed by atoms with Gasteiger partial charge in [0, 0.05) is 36.3 Å². The molecule has 300 valence electrons. The molecule has 0 N–H and O–H groups in total. The predicted molar refractivity (Wildman–Crippen MR) is 250 cm³/mol. The molecule has 3 aliphatic carbocycles. The third-order valence-corrected chi connectivity index (χ3v) is 15.5. The van der Waals surface area contributed by atoms with Gasteiger partial charge in [-0.1, -0.05) is 150 Å². The molecule has 0 saturated carbocycles. The van der Waals surface area contributed by atoms with E-state index in [1.165, 1.54) is 110 Å². The Morgan fingerprint density at radius 1 is 0.644 bits per heavy atom. The molecule has 1 heteroatoms. The Hall–Kier alpha value is -5.01. The van der Waals surface area contributed by atoms with Crippen LogP contribution >= 0.6 is 0 Å². The lowest BCUT2D eigenvalue weighted by atomic mass is 9.60. The Kier molecular flexibility index (Phi) is 10.6. The molecular formula is C58H64N+. The van der Waals surface area contributed by atoms with E-state index in [2.05, 4.69) is 186 Å². The molecule has 9 rings (SSSR count). The molecule has 59 heavy (non-hydrogen) atoms. The highest BCUT2D eigenvalue weighted by atomic mass is 15.1. The maximum atomic E-state index is 2.71. The molecule has 0 radical (unpaired) electrons. The van der Waals surface area contributed by atoms with E-state index in [0.29, 0.717) is 5.92 Å². The van der Waals surface area contributed by atoms with E-state index in [1.807, 2.05) is 0 Å². The van der Waals surface area contributed by atoms with Crippen molar-refractivity contribution in [3.63, 3.8) is 0 Å². The maximum Gasteiger partial charge on any atom is 0.213 e. The Morgan fingerprint density at radius 3 is 2.19 bits per heavy atom. The molecule has 3 atom stereocenters. The van der Waals surface area contributed by atoms with Gasteiger partial charge in [0.1, 0.15) is 0 Å². The van der Waals surface area contributed by atoms with Crippen LogP contribution < -0.4 is 4.57 Å². The van der Waals surface area contributed by atoms with Gasteiger partial charge in [0.05, 0.1) is 11.0 Å². The molecule has 4 aliphatic rings. The molecule has 4 aromatic carbocycles. The number of fused-ring (bicyclic) bond motifs is 6. The van der Waals surface area contributed by atoms with E-state index >= 15 is 0 Å². The SMILES string of the molecule is CCC1(C)c2cc3c(cc2-c2ccc(C4C=CC=C(C5=CC(c6cccc(CCCCCCc7ccccc7)c6)=CCC5)C4)c[n+]2[C@]1(C)CC)C(C)(C)c1ccccc1-3. The Bertz CT molecular complexity index is 2500. The molecule has 0 fully saturated rings. The average molecular weight is 775 g/mol. The largest absolute Gasteiger partial charge is 0.213 e. The van der Waals surface area contributed by atoms with Crippen LogP contribution in [0.4, 0.5) is 0 Å². The number of aromatic nitrogens is 1. The second kappa shape index (κ2) is 15.9. The van der Waals surface area contributed by atoms with Crippen LogP contribution in [-0.2, 0) is 29.2 Å². The number of pyridine rings is 1. The number of unbranched alkanes of at least 4 members (excludes halogenated alkanes) is 3. The van der Waals surface area contributed by atoms with E-state index in [-0.39, 0.29) is 16.4 Å². The lowest BCUT2D eigenvalue weighted by Gasteiger charge is -2.46. The van der Waals surface area contributed by atoms with Crippen LogP contribution in [-0.4, -0.2) is 0 Å². The minimum absolute atomic E-state index is 0.0208. The van der Waals surface area contributed by atoms with Crippen LogP contribution in [0, 0.1) is 0 Å². The maximum absolute atomic E-state index is 2.71. The lowest BCUT2D eigenvalue weighted by molar-refractivity contribution is -0.765. The van der Waals surface area contributed by atoms with Crippen LogP contribution in [0.25, 0.3) is 28.0 Å². The summed E-state index contributed by atoms with van der Waals surface area (Å²) in [6.07, 6.45) is 27.6. The number of aryl methyl sites for hydroxylation is 2. The van der Waals surface area contributed by atoms with Crippen molar-refractivity contribution in [3.8, 4) is 22.4 Å². The molecule has 0 amide bonds. The predicted octanol–water partition coefficient (Wildman–Crippen LogP) is 14.9. The lowest BCUT2D eigenvalue weighted by Crippen LogP contribution is -2.67. The van der Waals surface area contributed by atoms with Crippen LogP contribution in [0.5, 0.6) is 0 Å². The number of nitrogens with zero attached hydrogens (tertiary/aromatic N) is 1. The van der Waals surface area contributed by atoms with Crippen molar-refractivity contribution in [2.45, 2.75) is 134 Å². The van der Waals surface area contributed by atoms with Gasteiger partial charge in [0.25, 0.3) is 0 Å². The summed E-state index contributed by atoms with van der Waals surface area (Å²) in [7, 11) is 0. The quantitative estimate of drug-likeness (QED) is 0.0878. The van der Waals surface area contributed by atoms with Crippen molar-refractivity contribution in [3.05, 3.63) is 190 Å². The van der Waals surface area contributed by atoms with Gasteiger partial charge in [-0.2, -0.15) is 4.57 Å². The van der Waals surface area contributed by atoms with E-state index in [1.54, 1.807) is 0 Å². The summed E-state index contributed by atoms with van der Waals surface area (Å²) in [5.41, 5.74) is 20.1. The van der Waals surface area contributed by atoms with Crippen molar-refractivity contribution in [1.82, 2.24) is 0 Å². The van der Waals surface area contributed by atoms with Crippen LogP contribution in [0.3, 0.4) is 0 Å². The van der Waals surface area contributed by atoms with Crippen LogP contribution in [0.1, 0.15) is 144 Å².